The molecule has 226 valence electrons. The Morgan fingerprint density at radius 1 is 1.14 bits per heavy atom. The largest absolute Gasteiger partial charge is 0.507 e. The van der Waals surface area contributed by atoms with E-state index in [4.69, 9.17) is 14.2 Å². The molecule has 5 rings (SSSR count). The predicted molar refractivity (Wildman–Crippen MR) is 146 cm³/mol. The highest BCUT2D eigenvalue weighted by Crippen LogP contribution is 2.52. The Morgan fingerprint density at radius 2 is 1.83 bits per heavy atom. The monoisotopic (exact) mass is 585 g/mol. The Labute approximate surface area is 241 Å². The summed E-state index contributed by atoms with van der Waals surface area (Å²) in [5.74, 6) is -3.69. The molecule has 0 bridgehead atoms. The number of methoxy groups -OCH3 is 1. The summed E-state index contributed by atoms with van der Waals surface area (Å²) in [6.45, 7) is 4.47. The summed E-state index contributed by atoms with van der Waals surface area (Å²) in [6.07, 6.45) is -4.71. The SMILES string of the molecule is COc1cccc2c1C(=O)c1c(O)c3c(c(O)c1C2=O)C[C@](O)(C(=O)CO)C[C@H]3OC1CC(NC(C)C)C(O)C(C)O1. The highest BCUT2D eigenvalue weighted by Gasteiger charge is 2.50. The standard InChI is InChI=1S/C30H35NO11/c1-12(2)31-16-8-20(41-13(3)25(16)34)42-18-10-30(39,19(33)11-32)9-15-22(18)29(38)24-23(27(15)36)26(35)14-6-5-7-17(40-4)21(14)28(24)37/h5-7,12-13,16,18,20,25,31-32,34,36,38-39H,8-11H2,1-4H3/t13?,16?,18-,20?,25?,30-/m1/s1. The third kappa shape index (κ3) is 4.77. The van der Waals surface area contributed by atoms with Crippen LogP contribution in [0.1, 0.15) is 82.7 Å². The van der Waals surface area contributed by atoms with Crippen LogP contribution in [0.4, 0.5) is 0 Å². The second-order valence-corrected chi connectivity index (χ2v) is 11.4. The molecule has 0 spiro atoms. The third-order valence-corrected chi connectivity index (χ3v) is 8.31. The van der Waals surface area contributed by atoms with Gasteiger partial charge in [0.05, 0.1) is 42.1 Å². The van der Waals surface area contributed by atoms with Crippen LogP contribution in [-0.4, -0.2) is 92.8 Å². The lowest BCUT2D eigenvalue weighted by Gasteiger charge is -2.43. The van der Waals surface area contributed by atoms with Gasteiger partial charge in [-0.05, 0) is 13.0 Å². The van der Waals surface area contributed by atoms with Gasteiger partial charge >= 0.3 is 0 Å². The van der Waals surface area contributed by atoms with Gasteiger partial charge in [-0.1, -0.05) is 26.0 Å². The number of hydrogen-bond acceptors (Lipinski definition) is 12. The van der Waals surface area contributed by atoms with Crippen molar-refractivity contribution in [2.75, 3.05) is 13.7 Å². The molecule has 2 aromatic carbocycles. The average molecular weight is 586 g/mol. The molecular formula is C30H35NO11. The molecule has 2 aliphatic carbocycles. The first-order valence-electron chi connectivity index (χ1n) is 13.8. The summed E-state index contributed by atoms with van der Waals surface area (Å²) in [5.41, 5.74) is -3.52. The molecule has 12 nitrogen and oxygen atoms in total. The molecule has 1 fully saturated rings. The first kappa shape index (κ1) is 30.1. The fraction of sp³-hybridized carbons (Fsp3) is 0.500. The smallest absolute Gasteiger partial charge is 0.202 e. The third-order valence-electron chi connectivity index (χ3n) is 8.31. The van der Waals surface area contributed by atoms with Crippen LogP contribution in [0, 0.1) is 0 Å². The number of aliphatic hydroxyl groups is 3. The van der Waals surface area contributed by atoms with Gasteiger partial charge in [0.1, 0.15) is 29.5 Å². The van der Waals surface area contributed by atoms with Crippen LogP contribution in [0.25, 0.3) is 0 Å². The summed E-state index contributed by atoms with van der Waals surface area (Å²) in [7, 11) is 1.33. The van der Waals surface area contributed by atoms with Gasteiger partial charge in [-0.3, -0.25) is 14.4 Å². The second kappa shape index (κ2) is 11.0. The van der Waals surface area contributed by atoms with Crippen molar-refractivity contribution in [3.8, 4) is 17.2 Å². The van der Waals surface area contributed by atoms with Crippen LogP contribution < -0.4 is 10.1 Å². The number of phenols is 2. The van der Waals surface area contributed by atoms with E-state index < -0.39 is 95.7 Å². The molecular weight excluding hydrogens is 550 g/mol. The summed E-state index contributed by atoms with van der Waals surface area (Å²) >= 11 is 0. The van der Waals surface area contributed by atoms with Crippen molar-refractivity contribution < 1.29 is 54.1 Å². The fourth-order valence-corrected chi connectivity index (χ4v) is 6.31. The zero-order valence-corrected chi connectivity index (χ0v) is 23.7. The number of carbonyl (C=O) groups is 3. The molecule has 3 aliphatic rings. The van der Waals surface area contributed by atoms with E-state index in [1.165, 1.54) is 25.3 Å². The molecule has 4 unspecified atom stereocenters. The van der Waals surface area contributed by atoms with E-state index in [-0.39, 0.29) is 40.5 Å². The lowest BCUT2D eigenvalue weighted by molar-refractivity contribution is -0.250. The Kier molecular flexibility index (Phi) is 7.90. The molecule has 1 aliphatic heterocycles. The molecule has 6 atom stereocenters. The van der Waals surface area contributed by atoms with Crippen LogP contribution in [0.5, 0.6) is 17.2 Å². The van der Waals surface area contributed by atoms with Gasteiger partial charge in [0, 0.05) is 48.0 Å². The van der Waals surface area contributed by atoms with E-state index in [1.54, 1.807) is 6.92 Å². The number of phenolic OH excluding ortho intramolecular Hbond substituents is 2. The topological polar surface area (TPSA) is 192 Å². The van der Waals surface area contributed by atoms with Crippen LogP contribution in [-0.2, 0) is 20.7 Å². The van der Waals surface area contributed by atoms with E-state index in [1.807, 2.05) is 13.8 Å². The molecule has 12 heteroatoms. The van der Waals surface area contributed by atoms with Crippen molar-refractivity contribution in [1.29, 1.82) is 0 Å². The molecule has 0 aromatic heterocycles. The van der Waals surface area contributed by atoms with E-state index in [9.17, 15) is 39.9 Å². The van der Waals surface area contributed by atoms with Crippen LogP contribution in [0.15, 0.2) is 18.2 Å². The van der Waals surface area contributed by atoms with Gasteiger partial charge in [-0.2, -0.15) is 0 Å². The summed E-state index contributed by atoms with van der Waals surface area (Å²) in [4.78, 5) is 40.1. The van der Waals surface area contributed by atoms with Crippen LogP contribution >= 0.6 is 0 Å². The average Bonchev–Trinajstić information content (AvgIpc) is 2.94. The van der Waals surface area contributed by atoms with Crippen LogP contribution in [0.2, 0.25) is 0 Å². The number of aliphatic hydroxyl groups excluding tert-OH is 2. The zero-order chi connectivity index (χ0) is 30.7. The zero-order valence-electron chi connectivity index (χ0n) is 23.7. The van der Waals surface area contributed by atoms with Gasteiger partial charge in [-0.15, -0.1) is 0 Å². The van der Waals surface area contributed by atoms with E-state index in [2.05, 4.69) is 5.32 Å². The maximum Gasteiger partial charge on any atom is 0.202 e. The maximum absolute atomic E-state index is 13.8. The van der Waals surface area contributed by atoms with Gasteiger partial charge in [-0.25, -0.2) is 0 Å². The Morgan fingerprint density at radius 3 is 2.48 bits per heavy atom. The molecule has 1 saturated heterocycles. The number of fused-ring (bicyclic) bond motifs is 3. The second-order valence-electron chi connectivity index (χ2n) is 11.4. The molecule has 0 amide bonds. The molecule has 6 N–H and O–H groups in total. The first-order valence-corrected chi connectivity index (χ1v) is 13.8. The van der Waals surface area contributed by atoms with Gasteiger partial charge < -0.3 is 45.1 Å². The maximum atomic E-state index is 13.8. The highest BCUT2D eigenvalue weighted by atomic mass is 16.7. The van der Waals surface area contributed by atoms with E-state index >= 15 is 0 Å². The van der Waals surface area contributed by atoms with Gasteiger partial charge in [0.25, 0.3) is 0 Å². The quantitative estimate of drug-likeness (QED) is 0.216. The number of aromatic hydroxyl groups is 2. The Hall–Kier alpha value is -3.39. The van der Waals surface area contributed by atoms with Crippen molar-refractivity contribution in [3.63, 3.8) is 0 Å². The summed E-state index contributed by atoms with van der Waals surface area (Å²) in [6, 6.07) is 3.98. The number of ketones is 3. The molecule has 1 heterocycles. The molecule has 42 heavy (non-hydrogen) atoms. The van der Waals surface area contributed by atoms with Crippen LogP contribution in [0.3, 0.4) is 0 Å². The summed E-state index contributed by atoms with van der Waals surface area (Å²) in [5, 5.41) is 57.9. The minimum atomic E-state index is -2.23. The van der Waals surface area contributed by atoms with E-state index in [0.29, 0.717) is 0 Å². The number of benzene rings is 2. The van der Waals surface area contributed by atoms with Gasteiger partial charge in [0.2, 0.25) is 5.78 Å². The number of ether oxygens (including phenoxy) is 3. The number of carbonyl (C=O) groups excluding carboxylic acids is 3. The first-order chi connectivity index (χ1) is 19.8. The normalized spacial score (nSPS) is 28.7. The molecule has 0 radical (unpaired) electrons. The Bertz CT molecular complexity index is 1450. The summed E-state index contributed by atoms with van der Waals surface area (Å²) < 4.78 is 17.4. The lowest BCUT2D eigenvalue weighted by atomic mass is 9.72. The van der Waals surface area contributed by atoms with Crippen molar-refractivity contribution in [2.24, 2.45) is 0 Å². The number of Topliss-reactive ketones (excluding diaryl/α,β-unsaturated/α-hetero) is 1. The lowest BCUT2D eigenvalue weighted by Crippen LogP contribution is -2.56. The minimum Gasteiger partial charge on any atom is -0.507 e. The Balaban J connectivity index is 1.65. The highest BCUT2D eigenvalue weighted by molar-refractivity contribution is 6.31. The molecule has 2 aromatic rings. The number of rotatable bonds is 7. The minimum absolute atomic E-state index is 0.0224. The number of hydrogen-bond donors (Lipinski definition) is 6. The van der Waals surface area contributed by atoms with Crippen molar-refractivity contribution in [1.82, 2.24) is 5.32 Å². The number of nitrogens with one attached hydrogen (secondary N) is 1. The predicted octanol–water partition coefficient (Wildman–Crippen LogP) is 1.04. The van der Waals surface area contributed by atoms with Gasteiger partial charge in [0.15, 0.2) is 17.9 Å². The molecule has 0 saturated carbocycles. The van der Waals surface area contributed by atoms with Crippen molar-refractivity contribution in [3.05, 3.63) is 51.6 Å². The van der Waals surface area contributed by atoms with E-state index in [0.717, 1.165) is 0 Å². The fourth-order valence-electron chi connectivity index (χ4n) is 6.31. The van der Waals surface area contributed by atoms with Crippen molar-refractivity contribution >= 4 is 17.3 Å². The van der Waals surface area contributed by atoms with Crippen molar-refractivity contribution in [2.45, 2.75) is 82.3 Å².